The largest absolute Gasteiger partial charge is 0.497 e. The van der Waals surface area contributed by atoms with Crippen LogP contribution in [-0.4, -0.2) is 30.9 Å². The summed E-state index contributed by atoms with van der Waals surface area (Å²) in [6.07, 6.45) is -3.12. The standard InChI is InChI=1S/C17H18F3N3O3/c1-25-14-4-2-12(3-5-14)9-22-16(24)23-10-13-6-7-21-15(8-13)26-11-17(18,19)20/h2-8H,9-11H2,1H3,(H2,22,23,24). The molecule has 6 nitrogen and oxygen atoms in total. The maximum atomic E-state index is 12.1. The number of alkyl halides is 3. The van der Waals surface area contributed by atoms with E-state index in [0.29, 0.717) is 12.1 Å². The Kier molecular flexibility index (Phi) is 6.65. The molecule has 0 aliphatic rings. The molecule has 0 saturated carbocycles. The van der Waals surface area contributed by atoms with Crippen LogP contribution in [-0.2, 0) is 13.1 Å². The second kappa shape index (κ2) is 8.93. The number of urea groups is 1. The molecule has 0 aliphatic carbocycles. The maximum Gasteiger partial charge on any atom is 0.422 e. The average molecular weight is 369 g/mol. The van der Waals surface area contributed by atoms with Crippen molar-refractivity contribution in [3.63, 3.8) is 0 Å². The molecule has 2 aromatic rings. The van der Waals surface area contributed by atoms with Gasteiger partial charge in [0.25, 0.3) is 0 Å². The number of nitrogens with one attached hydrogen (secondary N) is 2. The Hall–Kier alpha value is -2.97. The van der Waals surface area contributed by atoms with Crippen molar-refractivity contribution in [3.05, 3.63) is 53.7 Å². The van der Waals surface area contributed by atoms with E-state index in [9.17, 15) is 18.0 Å². The number of pyridine rings is 1. The van der Waals surface area contributed by atoms with E-state index in [-0.39, 0.29) is 12.4 Å². The molecule has 0 saturated heterocycles. The first-order valence-electron chi connectivity index (χ1n) is 7.65. The van der Waals surface area contributed by atoms with Crippen LogP contribution in [0.2, 0.25) is 0 Å². The molecule has 1 aromatic carbocycles. The number of halogens is 3. The highest BCUT2D eigenvalue weighted by Gasteiger charge is 2.28. The van der Waals surface area contributed by atoms with Crippen LogP contribution in [0.3, 0.4) is 0 Å². The lowest BCUT2D eigenvalue weighted by atomic mass is 10.2. The van der Waals surface area contributed by atoms with E-state index in [4.69, 9.17) is 4.74 Å². The lowest BCUT2D eigenvalue weighted by Gasteiger charge is -2.10. The van der Waals surface area contributed by atoms with Gasteiger partial charge in [0.2, 0.25) is 5.88 Å². The van der Waals surface area contributed by atoms with Gasteiger partial charge in [-0.15, -0.1) is 0 Å². The Labute approximate surface area is 148 Å². The fourth-order valence-electron chi connectivity index (χ4n) is 1.97. The van der Waals surface area contributed by atoms with E-state index in [1.54, 1.807) is 25.3 Å². The van der Waals surface area contributed by atoms with Gasteiger partial charge in [0.15, 0.2) is 6.61 Å². The lowest BCUT2D eigenvalue weighted by molar-refractivity contribution is -0.154. The molecule has 0 aliphatic heterocycles. The normalized spacial score (nSPS) is 10.9. The van der Waals surface area contributed by atoms with Gasteiger partial charge in [0.05, 0.1) is 7.11 Å². The van der Waals surface area contributed by atoms with E-state index >= 15 is 0 Å². The second-order valence-electron chi connectivity index (χ2n) is 5.29. The number of hydrogen-bond donors (Lipinski definition) is 2. The van der Waals surface area contributed by atoms with E-state index in [1.807, 2.05) is 12.1 Å². The van der Waals surface area contributed by atoms with E-state index in [0.717, 1.165) is 11.3 Å². The number of hydrogen-bond acceptors (Lipinski definition) is 4. The first kappa shape index (κ1) is 19.4. The molecule has 2 N–H and O–H groups in total. The summed E-state index contributed by atoms with van der Waals surface area (Å²) >= 11 is 0. The number of amides is 2. The van der Waals surface area contributed by atoms with Crippen LogP contribution >= 0.6 is 0 Å². The van der Waals surface area contributed by atoms with Crippen LogP contribution in [0.4, 0.5) is 18.0 Å². The summed E-state index contributed by atoms with van der Waals surface area (Å²) in [5.41, 5.74) is 1.46. The summed E-state index contributed by atoms with van der Waals surface area (Å²) in [6, 6.07) is 9.73. The van der Waals surface area contributed by atoms with Crippen LogP contribution in [0.5, 0.6) is 11.6 Å². The Morgan fingerprint density at radius 2 is 1.73 bits per heavy atom. The van der Waals surface area contributed by atoms with Crippen molar-refractivity contribution in [3.8, 4) is 11.6 Å². The fraction of sp³-hybridized carbons (Fsp3) is 0.294. The van der Waals surface area contributed by atoms with Gasteiger partial charge in [0, 0.05) is 25.4 Å². The summed E-state index contributed by atoms with van der Waals surface area (Å²) < 4.78 is 46.0. The summed E-state index contributed by atoms with van der Waals surface area (Å²) in [7, 11) is 1.57. The van der Waals surface area contributed by atoms with E-state index in [1.165, 1.54) is 12.3 Å². The molecule has 2 rings (SSSR count). The van der Waals surface area contributed by atoms with Crippen molar-refractivity contribution in [1.29, 1.82) is 0 Å². The van der Waals surface area contributed by atoms with Crippen molar-refractivity contribution in [2.45, 2.75) is 19.3 Å². The smallest absolute Gasteiger partial charge is 0.422 e. The number of methoxy groups -OCH3 is 1. The number of nitrogens with zero attached hydrogens (tertiary/aromatic N) is 1. The third-order valence-electron chi connectivity index (χ3n) is 3.25. The first-order chi connectivity index (χ1) is 12.4. The minimum absolute atomic E-state index is 0.124. The third-order valence-corrected chi connectivity index (χ3v) is 3.25. The number of rotatable bonds is 7. The van der Waals surface area contributed by atoms with Crippen LogP contribution in [0.1, 0.15) is 11.1 Å². The van der Waals surface area contributed by atoms with Crippen molar-refractivity contribution in [2.75, 3.05) is 13.7 Å². The number of carbonyl (C=O) groups is 1. The average Bonchev–Trinajstić information content (AvgIpc) is 2.63. The predicted octanol–water partition coefficient (Wildman–Crippen LogP) is 3.03. The van der Waals surface area contributed by atoms with Crippen molar-refractivity contribution in [1.82, 2.24) is 15.6 Å². The zero-order chi connectivity index (χ0) is 19.0. The number of aromatic nitrogens is 1. The van der Waals surface area contributed by atoms with Crippen LogP contribution < -0.4 is 20.1 Å². The van der Waals surface area contributed by atoms with Gasteiger partial charge in [-0.05, 0) is 29.3 Å². The molecule has 26 heavy (non-hydrogen) atoms. The van der Waals surface area contributed by atoms with Crippen LogP contribution in [0.25, 0.3) is 0 Å². The maximum absolute atomic E-state index is 12.1. The Bertz CT molecular complexity index is 721. The van der Waals surface area contributed by atoms with Crippen LogP contribution in [0.15, 0.2) is 42.6 Å². The predicted molar refractivity (Wildman–Crippen MR) is 87.9 cm³/mol. The summed E-state index contributed by atoms with van der Waals surface area (Å²) in [5.74, 6) is 0.569. The Morgan fingerprint density at radius 3 is 2.35 bits per heavy atom. The van der Waals surface area contributed by atoms with Crippen molar-refractivity contribution >= 4 is 6.03 Å². The molecule has 140 valence electrons. The van der Waals surface area contributed by atoms with Gasteiger partial charge in [-0.2, -0.15) is 13.2 Å². The number of benzene rings is 1. The van der Waals surface area contributed by atoms with Crippen molar-refractivity contribution in [2.24, 2.45) is 0 Å². The van der Waals surface area contributed by atoms with Gasteiger partial charge < -0.3 is 20.1 Å². The monoisotopic (exact) mass is 369 g/mol. The number of carbonyl (C=O) groups excluding carboxylic acids is 1. The Balaban J connectivity index is 1.77. The first-order valence-corrected chi connectivity index (χ1v) is 7.65. The molecule has 0 radical (unpaired) electrons. The summed E-state index contributed by atoms with van der Waals surface area (Å²) in [6.45, 7) is -0.968. The van der Waals surface area contributed by atoms with Crippen molar-refractivity contribution < 1.29 is 27.4 Å². The highest BCUT2D eigenvalue weighted by Crippen LogP contribution is 2.17. The quantitative estimate of drug-likeness (QED) is 0.787. The van der Waals surface area contributed by atoms with E-state index in [2.05, 4.69) is 20.4 Å². The molecule has 0 fully saturated rings. The minimum atomic E-state index is -4.43. The van der Waals surface area contributed by atoms with Gasteiger partial charge in [-0.1, -0.05) is 12.1 Å². The SMILES string of the molecule is COc1ccc(CNC(=O)NCc2ccnc(OCC(F)(F)F)c2)cc1. The van der Waals surface area contributed by atoms with Crippen LogP contribution in [0, 0.1) is 0 Å². The van der Waals surface area contributed by atoms with Gasteiger partial charge in [0.1, 0.15) is 5.75 Å². The zero-order valence-electron chi connectivity index (χ0n) is 14.0. The Morgan fingerprint density at radius 1 is 1.08 bits per heavy atom. The highest BCUT2D eigenvalue weighted by atomic mass is 19.4. The molecular weight excluding hydrogens is 351 g/mol. The molecule has 0 unspecified atom stereocenters. The number of ether oxygens (including phenoxy) is 2. The molecule has 1 heterocycles. The van der Waals surface area contributed by atoms with Gasteiger partial charge in [-0.3, -0.25) is 0 Å². The van der Waals surface area contributed by atoms with Gasteiger partial charge in [-0.25, -0.2) is 9.78 Å². The second-order valence-corrected chi connectivity index (χ2v) is 5.29. The molecule has 0 atom stereocenters. The topological polar surface area (TPSA) is 72.5 Å². The minimum Gasteiger partial charge on any atom is -0.497 e. The molecule has 0 bridgehead atoms. The van der Waals surface area contributed by atoms with Gasteiger partial charge >= 0.3 is 12.2 Å². The van der Waals surface area contributed by atoms with E-state index < -0.39 is 18.8 Å². The zero-order valence-corrected chi connectivity index (χ0v) is 14.0. The molecule has 1 aromatic heterocycles. The summed E-state index contributed by atoms with van der Waals surface area (Å²) in [5, 5.41) is 5.29. The molecule has 2 amide bonds. The highest BCUT2D eigenvalue weighted by molar-refractivity contribution is 5.73. The molecule has 0 spiro atoms. The summed E-state index contributed by atoms with van der Waals surface area (Å²) in [4.78, 5) is 15.5. The fourth-order valence-corrected chi connectivity index (χ4v) is 1.97. The lowest BCUT2D eigenvalue weighted by Crippen LogP contribution is -2.34. The molecular formula is C17H18F3N3O3. The third kappa shape index (κ3) is 6.88. The molecule has 9 heteroatoms.